The van der Waals surface area contributed by atoms with E-state index >= 15 is 0 Å². The third-order valence-electron chi connectivity index (χ3n) is 4.04. The third kappa shape index (κ3) is 3.82. The van der Waals surface area contributed by atoms with Crippen LogP contribution in [0.15, 0.2) is 48.5 Å². The highest BCUT2D eigenvalue weighted by atomic mass is 32.2. The number of allylic oxidation sites excluding steroid dienone is 1. The van der Waals surface area contributed by atoms with Crippen LogP contribution in [0.25, 0.3) is 6.08 Å². The lowest BCUT2D eigenvalue weighted by Gasteiger charge is -2.25. The van der Waals surface area contributed by atoms with E-state index in [1.54, 1.807) is 24.3 Å². The number of carbonyl (C=O) groups is 1. The quantitative estimate of drug-likeness (QED) is 0.603. The summed E-state index contributed by atoms with van der Waals surface area (Å²) in [7, 11) is 0. The number of fused-ring (bicyclic) bond motifs is 1. The molecule has 128 valence electrons. The summed E-state index contributed by atoms with van der Waals surface area (Å²) in [6.07, 6.45) is 3.72. The maximum Gasteiger partial charge on any atom is 0.185 e. The Balaban J connectivity index is 1.41. The fraction of sp³-hybridized carbons (Fsp3) is 0.250. The predicted octanol–water partition coefficient (Wildman–Crippen LogP) is 3.85. The van der Waals surface area contributed by atoms with Crippen LogP contribution in [-0.4, -0.2) is 36.6 Å². The summed E-state index contributed by atoms with van der Waals surface area (Å²) in [5, 5.41) is 0. The van der Waals surface area contributed by atoms with Crippen molar-refractivity contribution >= 4 is 23.6 Å². The molecule has 25 heavy (non-hydrogen) atoms. The molecule has 5 heteroatoms. The molecule has 0 radical (unpaired) electrons. The molecule has 0 saturated carbocycles. The highest BCUT2D eigenvalue weighted by Crippen LogP contribution is 2.31. The number of hydrogen-bond acceptors (Lipinski definition) is 5. The second kappa shape index (κ2) is 7.23. The highest BCUT2D eigenvalue weighted by Gasteiger charge is 2.19. The molecule has 0 bridgehead atoms. The third-order valence-corrected chi connectivity index (χ3v) is 5.26. The van der Waals surface area contributed by atoms with Gasteiger partial charge in [-0.05, 0) is 42.0 Å². The first kappa shape index (κ1) is 16.1. The molecule has 0 aromatic heterocycles. The van der Waals surface area contributed by atoms with Crippen LogP contribution in [-0.2, 0) is 0 Å². The average Bonchev–Trinajstić information content (AvgIpc) is 2.63. The van der Waals surface area contributed by atoms with E-state index < -0.39 is 0 Å². The van der Waals surface area contributed by atoms with Crippen LogP contribution in [0.2, 0.25) is 0 Å². The smallest absolute Gasteiger partial charge is 0.185 e. The van der Waals surface area contributed by atoms with E-state index in [9.17, 15) is 4.79 Å². The number of hydrogen-bond donors (Lipinski definition) is 0. The molecule has 2 aliphatic rings. The summed E-state index contributed by atoms with van der Waals surface area (Å²) >= 11 is 1.89. The van der Waals surface area contributed by atoms with Gasteiger partial charge in [-0.1, -0.05) is 18.2 Å². The van der Waals surface area contributed by atoms with Crippen LogP contribution in [0.4, 0.5) is 0 Å². The second-order valence-corrected chi connectivity index (χ2v) is 6.98. The van der Waals surface area contributed by atoms with Crippen LogP contribution in [0.5, 0.6) is 17.2 Å². The molecule has 0 atom stereocenters. The predicted molar refractivity (Wildman–Crippen MR) is 99.0 cm³/mol. The lowest BCUT2D eigenvalue weighted by atomic mass is 10.1. The second-order valence-electron chi connectivity index (χ2n) is 5.90. The van der Waals surface area contributed by atoms with Gasteiger partial charge in [-0.15, -0.1) is 0 Å². The Morgan fingerprint density at radius 2 is 1.80 bits per heavy atom. The monoisotopic (exact) mass is 354 g/mol. The molecule has 1 fully saturated rings. The molecular formula is C20H18O4S. The van der Waals surface area contributed by atoms with Crippen LogP contribution < -0.4 is 14.2 Å². The molecule has 2 heterocycles. The molecule has 0 unspecified atom stereocenters. The summed E-state index contributed by atoms with van der Waals surface area (Å²) in [5.74, 6) is 4.25. The Bertz CT molecular complexity index is 794. The van der Waals surface area contributed by atoms with Gasteiger partial charge in [0, 0.05) is 17.1 Å². The normalized spacial score (nSPS) is 16.5. The van der Waals surface area contributed by atoms with Crippen LogP contribution in [0.3, 0.4) is 0 Å². The van der Waals surface area contributed by atoms with Crippen molar-refractivity contribution < 1.29 is 19.0 Å². The summed E-state index contributed by atoms with van der Waals surface area (Å²) in [6, 6.07) is 13.1. The van der Waals surface area contributed by atoms with E-state index in [1.807, 2.05) is 42.1 Å². The zero-order chi connectivity index (χ0) is 17.1. The summed E-state index contributed by atoms with van der Waals surface area (Å²) in [5.41, 5.74) is 1.55. The van der Waals surface area contributed by atoms with Gasteiger partial charge in [0.25, 0.3) is 0 Å². The fourth-order valence-corrected chi connectivity index (χ4v) is 3.16. The molecule has 4 nitrogen and oxygen atoms in total. The Morgan fingerprint density at radius 3 is 2.52 bits per heavy atom. The molecule has 2 aromatic carbocycles. The van der Waals surface area contributed by atoms with Gasteiger partial charge in [-0.3, -0.25) is 4.79 Å². The minimum Gasteiger partial charge on any atom is -0.489 e. The van der Waals surface area contributed by atoms with Gasteiger partial charge in [-0.25, -0.2) is 0 Å². The molecule has 2 aromatic rings. The topological polar surface area (TPSA) is 44.8 Å². The number of thioether (sulfide) groups is 1. The Morgan fingerprint density at radius 1 is 1.04 bits per heavy atom. The SMILES string of the molecule is O=C(C=Cc1ccc(OC2CSC2)cc1)c1ccc2c(c1)OCCO2. The Kier molecular flexibility index (Phi) is 4.65. The maximum atomic E-state index is 12.4. The summed E-state index contributed by atoms with van der Waals surface area (Å²) in [6.45, 7) is 1.05. The van der Waals surface area contributed by atoms with Crippen molar-refractivity contribution in [2.24, 2.45) is 0 Å². The van der Waals surface area contributed by atoms with Gasteiger partial charge in [0.05, 0.1) is 0 Å². The van der Waals surface area contributed by atoms with E-state index in [4.69, 9.17) is 14.2 Å². The lowest BCUT2D eigenvalue weighted by molar-refractivity contribution is 0.104. The van der Waals surface area contributed by atoms with Crippen molar-refractivity contribution in [3.63, 3.8) is 0 Å². The van der Waals surface area contributed by atoms with Gasteiger partial charge in [-0.2, -0.15) is 11.8 Å². The molecule has 0 amide bonds. The van der Waals surface area contributed by atoms with Gasteiger partial charge in [0.15, 0.2) is 17.3 Å². The molecule has 2 aliphatic heterocycles. The number of carbonyl (C=O) groups excluding carboxylic acids is 1. The van der Waals surface area contributed by atoms with Crippen molar-refractivity contribution in [1.82, 2.24) is 0 Å². The van der Waals surface area contributed by atoms with E-state index in [0.29, 0.717) is 36.4 Å². The van der Waals surface area contributed by atoms with Crippen molar-refractivity contribution in [2.75, 3.05) is 24.7 Å². The zero-order valence-corrected chi connectivity index (χ0v) is 14.5. The molecule has 4 rings (SSSR count). The first-order valence-electron chi connectivity index (χ1n) is 8.24. The first-order chi connectivity index (χ1) is 12.3. The van der Waals surface area contributed by atoms with Gasteiger partial charge >= 0.3 is 0 Å². The van der Waals surface area contributed by atoms with Gasteiger partial charge < -0.3 is 14.2 Å². The molecule has 0 aliphatic carbocycles. The van der Waals surface area contributed by atoms with E-state index in [0.717, 1.165) is 22.8 Å². The zero-order valence-electron chi connectivity index (χ0n) is 13.6. The standard InChI is InChI=1S/C20H18O4S/c21-18(15-4-8-19-20(11-15)23-10-9-22-19)7-3-14-1-5-16(6-2-14)24-17-12-25-13-17/h1-8,11,17H,9-10,12-13H2. The van der Waals surface area contributed by atoms with Crippen LogP contribution in [0.1, 0.15) is 15.9 Å². The Labute approximate surface area is 150 Å². The first-order valence-corrected chi connectivity index (χ1v) is 9.40. The van der Waals surface area contributed by atoms with E-state index in [1.165, 1.54) is 0 Å². The van der Waals surface area contributed by atoms with Crippen molar-refractivity contribution in [3.8, 4) is 17.2 Å². The van der Waals surface area contributed by atoms with E-state index in [2.05, 4.69) is 0 Å². The minimum atomic E-state index is -0.0659. The molecular weight excluding hydrogens is 336 g/mol. The lowest BCUT2D eigenvalue weighted by Crippen LogP contribution is -2.30. The highest BCUT2D eigenvalue weighted by molar-refractivity contribution is 8.00. The number of benzene rings is 2. The largest absolute Gasteiger partial charge is 0.489 e. The molecule has 0 N–H and O–H groups in total. The molecule has 0 spiro atoms. The number of ether oxygens (including phenoxy) is 3. The summed E-state index contributed by atoms with van der Waals surface area (Å²) < 4.78 is 16.8. The average molecular weight is 354 g/mol. The van der Waals surface area contributed by atoms with Crippen molar-refractivity contribution in [2.45, 2.75) is 6.10 Å². The van der Waals surface area contributed by atoms with Crippen LogP contribution in [0, 0.1) is 0 Å². The molecule has 1 saturated heterocycles. The van der Waals surface area contributed by atoms with Gasteiger partial charge in [0.1, 0.15) is 25.1 Å². The number of rotatable bonds is 5. The van der Waals surface area contributed by atoms with Crippen molar-refractivity contribution in [3.05, 3.63) is 59.7 Å². The van der Waals surface area contributed by atoms with Gasteiger partial charge in [0.2, 0.25) is 0 Å². The number of ketones is 1. The maximum absolute atomic E-state index is 12.4. The van der Waals surface area contributed by atoms with Crippen LogP contribution >= 0.6 is 11.8 Å². The Hall–Kier alpha value is -2.40. The summed E-state index contributed by atoms with van der Waals surface area (Å²) in [4.78, 5) is 12.4. The fourth-order valence-electron chi connectivity index (χ4n) is 2.60. The van der Waals surface area contributed by atoms with Crippen molar-refractivity contribution in [1.29, 1.82) is 0 Å². The minimum absolute atomic E-state index is 0.0659. The van der Waals surface area contributed by atoms with E-state index in [-0.39, 0.29) is 5.78 Å².